The molecule has 4 atom stereocenters. The lowest BCUT2D eigenvalue weighted by Gasteiger charge is -2.49. The smallest absolute Gasteiger partial charge is 0.274 e. The molecule has 0 aromatic carbocycles. The Morgan fingerprint density at radius 3 is 2.21 bits per heavy atom. The number of hydrogen-bond acceptors (Lipinski definition) is 8. The van der Waals surface area contributed by atoms with E-state index in [2.05, 4.69) is 33.9 Å². The van der Waals surface area contributed by atoms with Crippen LogP contribution in [0.15, 0.2) is 0 Å². The molecule has 8 nitrogen and oxygen atoms in total. The molecule has 34 heavy (non-hydrogen) atoms. The molecule has 2 aliphatic rings. The molecule has 2 heterocycles. The topological polar surface area (TPSA) is 83.5 Å². The molecule has 2 rings (SSSR count). The van der Waals surface area contributed by atoms with Gasteiger partial charge in [0.1, 0.15) is 11.5 Å². The van der Waals surface area contributed by atoms with Gasteiger partial charge in [0.05, 0.1) is 37.8 Å². The third kappa shape index (κ3) is 6.97. The summed E-state index contributed by atoms with van der Waals surface area (Å²) in [6, 6.07) is 0. The van der Waals surface area contributed by atoms with Crippen LogP contribution in [0.1, 0.15) is 61.3 Å². The van der Waals surface area contributed by atoms with Crippen LogP contribution in [0.25, 0.3) is 0 Å². The van der Waals surface area contributed by atoms with Gasteiger partial charge in [-0.1, -0.05) is 32.5 Å². The predicted molar refractivity (Wildman–Crippen MR) is 141 cm³/mol. The number of likely N-dealkylation sites (tertiary alicyclic amines) is 1. The molecular formula is C23H44NO7PSSi. The number of amides is 1. The largest absolute Gasteiger partial charge is 0.413 e. The summed E-state index contributed by atoms with van der Waals surface area (Å²) in [5, 5.41) is -0.467. The van der Waals surface area contributed by atoms with Crippen molar-refractivity contribution in [3.63, 3.8) is 0 Å². The zero-order valence-electron chi connectivity index (χ0n) is 22.3. The van der Waals surface area contributed by atoms with E-state index in [1.807, 2.05) is 27.7 Å². The summed E-state index contributed by atoms with van der Waals surface area (Å²) in [5.74, 6) is 1.10. The van der Waals surface area contributed by atoms with Gasteiger partial charge in [-0.2, -0.15) is 0 Å². The minimum absolute atomic E-state index is 0.00952. The molecule has 2 aliphatic heterocycles. The fourth-order valence-electron chi connectivity index (χ4n) is 3.77. The maximum absolute atomic E-state index is 13.5. The quantitative estimate of drug-likeness (QED) is 0.190. The van der Waals surface area contributed by atoms with Gasteiger partial charge in [-0.3, -0.25) is 14.5 Å². The Balaban J connectivity index is 2.37. The molecule has 0 aliphatic carbocycles. The van der Waals surface area contributed by atoms with Gasteiger partial charge >= 0.3 is 0 Å². The van der Waals surface area contributed by atoms with Crippen LogP contribution in [0.5, 0.6) is 0 Å². The van der Waals surface area contributed by atoms with Crippen LogP contribution in [-0.2, 0) is 32.3 Å². The first-order chi connectivity index (χ1) is 15.8. The third-order valence-electron chi connectivity index (χ3n) is 6.54. The van der Waals surface area contributed by atoms with E-state index >= 15 is 0 Å². The van der Waals surface area contributed by atoms with E-state index in [1.165, 1.54) is 0 Å². The standard InChI is InChI=1S/C23H44NO7PSSi/c1-10-28-32(29-11-2,30-12-3)16-24-20(25)19(17(4)31-34(8,9)23(5,6)7)21(24)33-22(26)18-14-13-15-27-18/h16-19,21H,10-15H2,1-9H3/t17-,18-,19?,21?/m1/s1. The van der Waals surface area contributed by atoms with Crippen molar-refractivity contribution >= 4 is 44.6 Å². The Kier molecular flexibility index (Phi) is 10.9. The minimum atomic E-state index is -2.89. The number of nitrogens with zero attached hydrogens (tertiary/aromatic N) is 1. The lowest BCUT2D eigenvalue weighted by atomic mass is 9.94. The molecule has 0 saturated carbocycles. The summed E-state index contributed by atoms with van der Waals surface area (Å²) in [6.45, 7) is 20.1. The van der Waals surface area contributed by atoms with Gasteiger partial charge in [0.15, 0.2) is 8.32 Å². The normalized spacial score (nSPS) is 24.8. The van der Waals surface area contributed by atoms with Crippen LogP contribution in [-0.4, -0.2) is 74.2 Å². The van der Waals surface area contributed by atoms with Gasteiger partial charge in [0, 0.05) is 6.61 Å². The van der Waals surface area contributed by atoms with Crippen molar-refractivity contribution in [3.05, 3.63) is 0 Å². The molecule has 0 aromatic rings. The van der Waals surface area contributed by atoms with Crippen LogP contribution in [0.2, 0.25) is 18.1 Å². The third-order valence-corrected chi connectivity index (χ3v) is 14.8. The Labute approximate surface area is 211 Å². The summed E-state index contributed by atoms with van der Waals surface area (Å²) in [7, 11) is -5.00. The maximum atomic E-state index is 13.5. The number of ether oxygens (including phenoxy) is 1. The summed E-state index contributed by atoms with van der Waals surface area (Å²) in [5.41, 5.74) is 0. The minimum Gasteiger partial charge on any atom is -0.413 e. The van der Waals surface area contributed by atoms with E-state index in [-0.39, 0.29) is 22.2 Å². The summed E-state index contributed by atoms with van der Waals surface area (Å²) in [6.07, 6.45) is 0.833. The van der Waals surface area contributed by atoms with Crippen molar-refractivity contribution in [2.45, 2.75) is 97.0 Å². The first-order valence-corrected chi connectivity index (χ1v) is 17.7. The number of carbonyl (C=O) groups excluding carboxylic acids is 2. The first kappa shape index (κ1) is 30.0. The summed E-state index contributed by atoms with van der Waals surface area (Å²) in [4.78, 5) is 28.1. The van der Waals surface area contributed by atoms with Crippen molar-refractivity contribution in [1.29, 1.82) is 0 Å². The molecule has 1 amide bonds. The number of β-lactam (4-membered cyclic amide) rings is 1. The average molecular weight is 538 g/mol. The molecule has 0 bridgehead atoms. The van der Waals surface area contributed by atoms with E-state index < -0.39 is 33.3 Å². The lowest BCUT2D eigenvalue weighted by molar-refractivity contribution is -0.148. The zero-order chi connectivity index (χ0) is 25.7. The Morgan fingerprint density at radius 2 is 1.76 bits per heavy atom. The Morgan fingerprint density at radius 1 is 1.21 bits per heavy atom. The zero-order valence-corrected chi connectivity index (χ0v) is 25.0. The number of rotatable bonds is 12. The van der Waals surface area contributed by atoms with Crippen molar-refractivity contribution < 1.29 is 32.3 Å². The van der Waals surface area contributed by atoms with Gasteiger partial charge in [-0.05, 0) is 58.7 Å². The second kappa shape index (κ2) is 12.4. The monoisotopic (exact) mass is 537 g/mol. The molecule has 11 heteroatoms. The van der Waals surface area contributed by atoms with Gasteiger partial charge < -0.3 is 22.7 Å². The van der Waals surface area contributed by atoms with Crippen LogP contribution in [0.4, 0.5) is 0 Å². The van der Waals surface area contributed by atoms with Gasteiger partial charge in [-0.25, -0.2) is 0 Å². The molecular weight excluding hydrogens is 493 g/mol. The Hall–Kier alpha value is -0.193. The van der Waals surface area contributed by atoms with Crippen LogP contribution < -0.4 is 0 Å². The molecule has 198 valence electrons. The van der Waals surface area contributed by atoms with Crippen molar-refractivity contribution in [1.82, 2.24) is 4.90 Å². The van der Waals surface area contributed by atoms with E-state index in [1.54, 1.807) is 10.8 Å². The second-order valence-electron chi connectivity index (χ2n) is 10.1. The highest BCUT2D eigenvalue weighted by molar-refractivity contribution is 8.14. The number of thioether (sulfide) groups is 1. The van der Waals surface area contributed by atoms with E-state index in [9.17, 15) is 9.59 Å². The maximum Gasteiger partial charge on any atom is 0.274 e. The Bertz CT molecular complexity index is 743. The highest BCUT2D eigenvalue weighted by Gasteiger charge is 2.54. The van der Waals surface area contributed by atoms with Crippen molar-refractivity contribution in [2.24, 2.45) is 5.92 Å². The molecule has 2 saturated heterocycles. The fraction of sp³-hybridized carbons (Fsp3) is 0.870. The highest BCUT2D eigenvalue weighted by atomic mass is 32.2. The molecule has 0 radical (unpaired) electrons. The van der Waals surface area contributed by atoms with Gasteiger partial charge in [-0.15, -0.1) is 0 Å². The van der Waals surface area contributed by atoms with Gasteiger partial charge in [0.2, 0.25) is 11.0 Å². The molecule has 0 aromatic heterocycles. The summed E-state index contributed by atoms with van der Waals surface area (Å²) >= 11 is 1.16. The fourth-order valence-corrected chi connectivity index (χ4v) is 8.70. The SMILES string of the molecule is CCOP(=CN1C(=O)C([C@@H](C)O[Si](C)(C)C(C)(C)C)C1SC(=O)[C@H]1CCCO1)(OCC)OCC. The molecule has 0 spiro atoms. The van der Waals surface area contributed by atoms with Crippen LogP contribution >= 0.6 is 19.3 Å². The van der Waals surface area contributed by atoms with Crippen molar-refractivity contribution in [2.75, 3.05) is 26.4 Å². The summed E-state index contributed by atoms with van der Waals surface area (Å²) < 4.78 is 29.9. The number of carbonyl (C=O) groups is 2. The van der Waals surface area contributed by atoms with Crippen molar-refractivity contribution in [3.8, 4) is 0 Å². The molecule has 2 fully saturated rings. The van der Waals surface area contributed by atoms with Crippen LogP contribution in [0, 0.1) is 5.92 Å². The van der Waals surface area contributed by atoms with E-state index in [0.29, 0.717) is 32.8 Å². The highest BCUT2D eigenvalue weighted by Crippen LogP contribution is 2.53. The average Bonchev–Trinajstić information content (AvgIpc) is 3.26. The van der Waals surface area contributed by atoms with E-state index in [0.717, 1.165) is 18.2 Å². The van der Waals surface area contributed by atoms with Crippen LogP contribution in [0.3, 0.4) is 0 Å². The van der Waals surface area contributed by atoms with E-state index in [4.69, 9.17) is 22.7 Å². The first-order valence-electron chi connectivity index (χ1n) is 12.3. The van der Waals surface area contributed by atoms with Gasteiger partial charge in [0.25, 0.3) is 7.57 Å². The second-order valence-corrected chi connectivity index (χ2v) is 18.1. The number of hydrogen-bond donors (Lipinski definition) is 0. The lowest BCUT2D eigenvalue weighted by Crippen LogP contribution is -2.64. The predicted octanol–water partition coefficient (Wildman–Crippen LogP) is 5.25. The molecule has 2 unspecified atom stereocenters. The molecule has 0 N–H and O–H groups in total.